The number of anilines is 1. The molecule has 0 aliphatic heterocycles. The van der Waals surface area contributed by atoms with Crippen LogP contribution in [0.15, 0.2) is 82.1 Å². The molecule has 0 aliphatic rings. The maximum Gasteiger partial charge on any atom is 0.337 e. The first-order valence-electron chi connectivity index (χ1n) is 11.6. The molecule has 0 spiro atoms. The fraction of sp³-hybridized carbons (Fsp3) is 0.138. The third-order valence-corrected chi connectivity index (χ3v) is 6.35. The molecule has 0 radical (unpaired) electrons. The van der Waals surface area contributed by atoms with E-state index in [2.05, 4.69) is 15.5 Å². The van der Waals surface area contributed by atoms with Gasteiger partial charge in [-0.15, -0.1) is 0 Å². The third kappa shape index (κ3) is 4.15. The lowest BCUT2D eigenvalue weighted by atomic mass is 9.98. The summed E-state index contributed by atoms with van der Waals surface area (Å²) in [5.74, 6) is -0.505. The van der Waals surface area contributed by atoms with E-state index >= 15 is 0 Å². The molecule has 0 saturated carbocycles. The molecule has 0 fully saturated rings. The average molecular weight is 480 g/mol. The Morgan fingerprint density at radius 2 is 1.75 bits per heavy atom. The highest BCUT2D eigenvalue weighted by atomic mass is 16.4. The second kappa shape index (κ2) is 9.19. The molecule has 0 bridgehead atoms. The summed E-state index contributed by atoms with van der Waals surface area (Å²) in [5, 5.41) is 20.3. The van der Waals surface area contributed by atoms with Crippen molar-refractivity contribution in [2.75, 3.05) is 5.32 Å². The molecule has 0 saturated heterocycles. The SMILES string of the molecule is Cc1cc([C@@H](C)Nc2ccccc2C(=O)O)c2oc(-c3ccc(-c4ccn[nH]4)cc3)c(C)c(=O)c2c1. The number of carboxylic acid groups (broad SMARTS) is 1. The van der Waals surface area contributed by atoms with Crippen LogP contribution >= 0.6 is 0 Å². The topological polar surface area (TPSA) is 108 Å². The minimum Gasteiger partial charge on any atom is -0.478 e. The summed E-state index contributed by atoms with van der Waals surface area (Å²) in [6.45, 7) is 5.62. The van der Waals surface area contributed by atoms with E-state index in [-0.39, 0.29) is 17.0 Å². The second-order valence-electron chi connectivity index (χ2n) is 8.88. The number of rotatable bonds is 6. The molecule has 7 heteroatoms. The van der Waals surface area contributed by atoms with E-state index in [1.165, 1.54) is 0 Å². The molecule has 1 atom stereocenters. The molecule has 3 N–H and O–H groups in total. The van der Waals surface area contributed by atoms with Crippen molar-refractivity contribution in [1.29, 1.82) is 0 Å². The highest BCUT2D eigenvalue weighted by Gasteiger charge is 2.20. The lowest BCUT2D eigenvalue weighted by molar-refractivity contribution is 0.0698. The first kappa shape index (κ1) is 23.1. The van der Waals surface area contributed by atoms with E-state index < -0.39 is 5.97 Å². The van der Waals surface area contributed by atoms with Crippen molar-refractivity contribution in [3.05, 3.63) is 105 Å². The summed E-state index contributed by atoms with van der Waals surface area (Å²) in [6, 6.07) is 19.9. The van der Waals surface area contributed by atoms with Crippen molar-refractivity contribution in [3.8, 4) is 22.6 Å². The van der Waals surface area contributed by atoms with Crippen LogP contribution in [0.4, 0.5) is 5.69 Å². The van der Waals surface area contributed by atoms with Crippen LogP contribution in [0, 0.1) is 13.8 Å². The van der Waals surface area contributed by atoms with Gasteiger partial charge in [0, 0.05) is 28.6 Å². The summed E-state index contributed by atoms with van der Waals surface area (Å²) in [5.41, 5.74) is 5.96. The monoisotopic (exact) mass is 479 g/mol. The first-order valence-corrected chi connectivity index (χ1v) is 11.6. The van der Waals surface area contributed by atoms with Crippen LogP contribution in [0.3, 0.4) is 0 Å². The summed E-state index contributed by atoms with van der Waals surface area (Å²) < 4.78 is 6.44. The van der Waals surface area contributed by atoms with Gasteiger partial charge in [-0.3, -0.25) is 9.89 Å². The van der Waals surface area contributed by atoms with E-state index in [1.807, 2.05) is 56.3 Å². The molecule has 2 heterocycles. The van der Waals surface area contributed by atoms with Crippen molar-refractivity contribution in [3.63, 3.8) is 0 Å². The lowest BCUT2D eigenvalue weighted by Crippen LogP contribution is -2.14. The Balaban J connectivity index is 1.61. The number of fused-ring (bicyclic) bond motifs is 1. The lowest BCUT2D eigenvalue weighted by Gasteiger charge is -2.20. The largest absolute Gasteiger partial charge is 0.478 e. The fourth-order valence-electron chi connectivity index (χ4n) is 4.49. The number of carboxylic acids is 1. The Morgan fingerprint density at radius 3 is 2.44 bits per heavy atom. The van der Waals surface area contributed by atoms with Crippen molar-refractivity contribution >= 4 is 22.6 Å². The van der Waals surface area contributed by atoms with Crippen molar-refractivity contribution in [2.45, 2.75) is 26.8 Å². The quantitative estimate of drug-likeness (QED) is 0.262. The number of benzene rings is 3. The van der Waals surface area contributed by atoms with E-state index in [1.54, 1.807) is 37.4 Å². The number of H-pyrrole nitrogens is 1. The number of aryl methyl sites for hydroxylation is 1. The summed E-state index contributed by atoms with van der Waals surface area (Å²) in [4.78, 5) is 25.1. The van der Waals surface area contributed by atoms with Crippen LogP contribution in [-0.4, -0.2) is 21.3 Å². The van der Waals surface area contributed by atoms with Crippen LogP contribution in [-0.2, 0) is 0 Å². The smallest absolute Gasteiger partial charge is 0.337 e. The van der Waals surface area contributed by atoms with Crippen molar-refractivity contribution < 1.29 is 14.3 Å². The molecule has 180 valence electrons. The van der Waals surface area contributed by atoms with Gasteiger partial charge in [-0.1, -0.05) is 42.5 Å². The zero-order valence-corrected chi connectivity index (χ0v) is 20.1. The number of carbonyl (C=O) groups is 1. The Morgan fingerprint density at radius 1 is 1.03 bits per heavy atom. The molecule has 3 aromatic carbocycles. The molecule has 0 aliphatic carbocycles. The van der Waals surface area contributed by atoms with E-state index in [0.29, 0.717) is 28.0 Å². The van der Waals surface area contributed by atoms with Gasteiger partial charge in [0.2, 0.25) is 0 Å². The Hall–Kier alpha value is -4.65. The number of hydrogen-bond donors (Lipinski definition) is 3. The standard InChI is InChI=1S/C29H25N3O4/c1-16-14-22(18(3)31-25-7-5-4-6-21(25)29(34)35)28-23(15-16)26(33)17(2)27(36-28)20-10-8-19(9-11-20)24-12-13-30-32-24/h4-15,18,31H,1-3H3,(H,30,32)(H,34,35)/t18-/m1/s1. The van der Waals surface area contributed by atoms with Gasteiger partial charge < -0.3 is 14.8 Å². The van der Waals surface area contributed by atoms with Crippen LogP contribution in [0.2, 0.25) is 0 Å². The molecular weight excluding hydrogens is 454 g/mol. The summed E-state index contributed by atoms with van der Waals surface area (Å²) in [7, 11) is 0. The first-order chi connectivity index (χ1) is 17.3. The van der Waals surface area contributed by atoms with E-state index in [4.69, 9.17) is 4.42 Å². The Labute approximate surface area is 207 Å². The molecule has 7 nitrogen and oxygen atoms in total. The van der Waals surface area contributed by atoms with Gasteiger partial charge in [-0.25, -0.2) is 4.79 Å². The number of para-hydroxylation sites is 1. The Kier molecular flexibility index (Phi) is 5.90. The molecule has 5 aromatic rings. The van der Waals surface area contributed by atoms with Gasteiger partial charge in [0.25, 0.3) is 0 Å². The van der Waals surface area contributed by atoms with Crippen molar-refractivity contribution in [1.82, 2.24) is 10.2 Å². The zero-order chi connectivity index (χ0) is 25.4. The van der Waals surface area contributed by atoms with Gasteiger partial charge in [0.05, 0.1) is 22.7 Å². The van der Waals surface area contributed by atoms with Crippen LogP contribution in [0.1, 0.15) is 40.0 Å². The second-order valence-corrected chi connectivity index (χ2v) is 8.88. The Bertz CT molecular complexity index is 1630. The molecule has 0 unspecified atom stereocenters. The maximum atomic E-state index is 13.4. The van der Waals surface area contributed by atoms with Gasteiger partial charge in [-0.2, -0.15) is 5.10 Å². The van der Waals surface area contributed by atoms with Crippen LogP contribution in [0.25, 0.3) is 33.6 Å². The number of nitrogens with zero attached hydrogens (tertiary/aromatic N) is 1. The highest BCUT2D eigenvalue weighted by molar-refractivity contribution is 5.94. The van der Waals surface area contributed by atoms with Crippen LogP contribution < -0.4 is 10.7 Å². The van der Waals surface area contributed by atoms with Gasteiger partial charge in [0.15, 0.2) is 5.43 Å². The zero-order valence-electron chi connectivity index (χ0n) is 20.1. The van der Waals surface area contributed by atoms with Gasteiger partial charge in [-0.05, 0) is 56.2 Å². The van der Waals surface area contributed by atoms with Gasteiger partial charge in [0.1, 0.15) is 11.3 Å². The number of aromatic amines is 1. The van der Waals surface area contributed by atoms with Crippen LogP contribution in [0.5, 0.6) is 0 Å². The normalized spacial score (nSPS) is 12.0. The number of hydrogen-bond acceptors (Lipinski definition) is 5. The molecule has 2 aromatic heterocycles. The maximum absolute atomic E-state index is 13.4. The average Bonchev–Trinajstić information content (AvgIpc) is 3.41. The van der Waals surface area contributed by atoms with Gasteiger partial charge >= 0.3 is 5.97 Å². The summed E-state index contributed by atoms with van der Waals surface area (Å²) >= 11 is 0. The fourth-order valence-corrected chi connectivity index (χ4v) is 4.49. The summed E-state index contributed by atoms with van der Waals surface area (Å²) in [6.07, 6.45) is 1.70. The minimum atomic E-state index is -1.01. The minimum absolute atomic E-state index is 0.0908. The predicted octanol–water partition coefficient (Wildman–Crippen LogP) is 6.34. The highest BCUT2D eigenvalue weighted by Crippen LogP contribution is 2.33. The molecule has 36 heavy (non-hydrogen) atoms. The molecule has 5 rings (SSSR count). The van der Waals surface area contributed by atoms with E-state index in [9.17, 15) is 14.7 Å². The number of nitrogens with one attached hydrogen (secondary N) is 2. The van der Waals surface area contributed by atoms with E-state index in [0.717, 1.165) is 27.9 Å². The molecular formula is C29H25N3O4. The van der Waals surface area contributed by atoms with Crippen molar-refractivity contribution in [2.24, 2.45) is 0 Å². The molecule has 0 amide bonds. The number of aromatic nitrogens is 2. The number of aromatic carboxylic acids is 1. The third-order valence-electron chi connectivity index (χ3n) is 6.35. The predicted molar refractivity (Wildman–Crippen MR) is 140 cm³/mol.